The molecule has 1 fully saturated rings. The molecule has 1 aromatic heterocycles. The Morgan fingerprint density at radius 3 is 2.95 bits per heavy atom. The summed E-state index contributed by atoms with van der Waals surface area (Å²) in [6, 6.07) is 6.68. The predicted octanol–water partition coefficient (Wildman–Crippen LogP) is 1.78. The van der Waals surface area contributed by atoms with Crippen LogP contribution in [-0.2, 0) is 17.8 Å². The molecule has 1 atom stereocenters. The molecule has 2 aromatic rings. The van der Waals surface area contributed by atoms with Crippen LogP contribution in [-0.4, -0.2) is 21.6 Å². The summed E-state index contributed by atoms with van der Waals surface area (Å²) in [7, 11) is 0. The predicted molar refractivity (Wildman–Crippen MR) is 71.3 cm³/mol. The molecule has 0 aliphatic carbocycles. The van der Waals surface area contributed by atoms with E-state index in [0.717, 1.165) is 30.8 Å². The van der Waals surface area contributed by atoms with E-state index in [4.69, 9.17) is 10.5 Å². The molecule has 3 rings (SSSR count). The second kappa shape index (κ2) is 5.68. The second-order valence-corrected chi connectivity index (χ2v) is 4.88. The third kappa shape index (κ3) is 2.44. The summed E-state index contributed by atoms with van der Waals surface area (Å²) in [5.41, 5.74) is 7.91. The standard InChI is InChI=1S/C14H17FN4O/c15-11-5-2-1-4-10(11)9-19-14(12(8-16)17-18-19)13-6-3-7-20-13/h1-2,4-5,13H,3,6-9,16H2. The van der Waals surface area contributed by atoms with Gasteiger partial charge in [0.25, 0.3) is 0 Å². The highest BCUT2D eigenvalue weighted by Crippen LogP contribution is 2.30. The summed E-state index contributed by atoms with van der Waals surface area (Å²) < 4.78 is 21.2. The van der Waals surface area contributed by atoms with Crippen LogP contribution in [0.5, 0.6) is 0 Å². The van der Waals surface area contributed by atoms with Crippen molar-refractivity contribution in [3.8, 4) is 0 Å². The first-order valence-corrected chi connectivity index (χ1v) is 6.77. The highest BCUT2D eigenvalue weighted by Gasteiger charge is 2.26. The number of benzene rings is 1. The summed E-state index contributed by atoms with van der Waals surface area (Å²) >= 11 is 0. The molecule has 106 valence electrons. The average Bonchev–Trinajstić information content (AvgIpc) is 3.09. The van der Waals surface area contributed by atoms with Crippen molar-refractivity contribution < 1.29 is 9.13 Å². The zero-order valence-corrected chi connectivity index (χ0v) is 11.1. The van der Waals surface area contributed by atoms with Crippen molar-refractivity contribution in [1.29, 1.82) is 0 Å². The average molecular weight is 276 g/mol. The summed E-state index contributed by atoms with van der Waals surface area (Å²) in [5.74, 6) is -0.240. The summed E-state index contributed by atoms with van der Waals surface area (Å²) in [6.07, 6.45) is 1.91. The van der Waals surface area contributed by atoms with E-state index in [2.05, 4.69) is 10.3 Å². The van der Waals surface area contributed by atoms with Gasteiger partial charge in [-0.25, -0.2) is 9.07 Å². The third-order valence-electron chi connectivity index (χ3n) is 3.55. The Hall–Kier alpha value is -1.79. The molecule has 1 aromatic carbocycles. The van der Waals surface area contributed by atoms with Gasteiger partial charge in [-0.2, -0.15) is 0 Å². The van der Waals surface area contributed by atoms with Gasteiger partial charge in [-0.05, 0) is 18.9 Å². The molecule has 20 heavy (non-hydrogen) atoms. The van der Waals surface area contributed by atoms with Crippen molar-refractivity contribution >= 4 is 0 Å². The lowest BCUT2D eigenvalue weighted by atomic mass is 10.1. The Bertz CT molecular complexity index is 593. The van der Waals surface area contributed by atoms with Gasteiger partial charge in [0.2, 0.25) is 0 Å². The fraction of sp³-hybridized carbons (Fsp3) is 0.429. The monoisotopic (exact) mass is 276 g/mol. The first-order valence-electron chi connectivity index (χ1n) is 6.77. The van der Waals surface area contributed by atoms with Crippen LogP contribution in [0.25, 0.3) is 0 Å². The van der Waals surface area contributed by atoms with E-state index in [-0.39, 0.29) is 11.9 Å². The Labute approximate surface area is 116 Å². The van der Waals surface area contributed by atoms with Crippen LogP contribution < -0.4 is 5.73 Å². The van der Waals surface area contributed by atoms with Crippen LogP contribution in [0.15, 0.2) is 24.3 Å². The quantitative estimate of drug-likeness (QED) is 0.924. The molecule has 5 nitrogen and oxygen atoms in total. The van der Waals surface area contributed by atoms with E-state index in [1.807, 2.05) is 6.07 Å². The van der Waals surface area contributed by atoms with E-state index in [1.54, 1.807) is 16.8 Å². The zero-order chi connectivity index (χ0) is 13.9. The van der Waals surface area contributed by atoms with Gasteiger partial charge in [0.15, 0.2) is 0 Å². The van der Waals surface area contributed by atoms with Crippen molar-refractivity contribution in [2.45, 2.75) is 32.0 Å². The first kappa shape index (κ1) is 13.2. The van der Waals surface area contributed by atoms with E-state index < -0.39 is 0 Å². The van der Waals surface area contributed by atoms with Crippen molar-refractivity contribution in [3.05, 3.63) is 47.0 Å². The minimum Gasteiger partial charge on any atom is -0.372 e. The summed E-state index contributed by atoms with van der Waals surface area (Å²) in [5, 5.41) is 8.20. The van der Waals surface area contributed by atoms with Crippen LogP contribution in [0, 0.1) is 5.82 Å². The Morgan fingerprint density at radius 2 is 2.25 bits per heavy atom. The molecule has 0 spiro atoms. The largest absolute Gasteiger partial charge is 0.372 e. The third-order valence-corrected chi connectivity index (χ3v) is 3.55. The lowest BCUT2D eigenvalue weighted by molar-refractivity contribution is 0.104. The molecule has 1 unspecified atom stereocenters. The maximum atomic E-state index is 13.8. The smallest absolute Gasteiger partial charge is 0.128 e. The van der Waals surface area contributed by atoms with Crippen LogP contribution in [0.1, 0.15) is 35.9 Å². The van der Waals surface area contributed by atoms with Crippen molar-refractivity contribution in [3.63, 3.8) is 0 Å². The molecule has 6 heteroatoms. The molecular weight excluding hydrogens is 259 g/mol. The maximum absolute atomic E-state index is 13.8. The van der Waals surface area contributed by atoms with Crippen molar-refractivity contribution in [2.24, 2.45) is 5.73 Å². The van der Waals surface area contributed by atoms with Gasteiger partial charge in [-0.15, -0.1) is 5.10 Å². The normalized spacial score (nSPS) is 18.6. The molecule has 1 aliphatic rings. The van der Waals surface area contributed by atoms with E-state index in [1.165, 1.54) is 6.07 Å². The number of hydrogen-bond donors (Lipinski definition) is 1. The number of halogens is 1. The maximum Gasteiger partial charge on any atom is 0.128 e. The molecular formula is C14H17FN4O. The molecule has 0 saturated carbocycles. The van der Waals surface area contributed by atoms with Gasteiger partial charge in [0.1, 0.15) is 17.6 Å². The SMILES string of the molecule is NCc1nnn(Cc2ccccc2F)c1C1CCCO1. The Kier molecular flexibility index (Phi) is 3.75. The molecule has 0 radical (unpaired) electrons. The van der Waals surface area contributed by atoms with Crippen LogP contribution >= 0.6 is 0 Å². The van der Waals surface area contributed by atoms with Crippen molar-refractivity contribution in [2.75, 3.05) is 6.61 Å². The molecule has 0 bridgehead atoms. The Balaban J connectivity index is 1.93. The van der Waals surface area contributed by atoms with Crippen LogP contribution in [0.3, 0.4) is 0 Å². The topological polar surface area (TPSA) is 66.0 Å². The van der Waals surface area contributed by atoms with Crippen molar-refractivity contribution in [1.82, 2.24) is 15.0 Å². The molecule has 2 heterocycles. The van der Waals surface area contributed by atoms with Gasteiger partial charge in [0.05, 0.1) is 12.2 Å². The minimum absolute atomic E-state index is 0.0321. The van der Waals surface area contributed by atoms with Gasteiger partial charge >= 0.3 is 0 Å². The van der Waals surface area contributed by atoms with Gasteiger partial charge in [-0.1, -0.05) is 23.4 Å². The highest BCUT2D eigenvalue weighted by atomic mass is 19.1. The van der Waals surface area contributed by atoms with Gasteiger partial charge in [0, 0.05) is 18.7 Å². The van der Waals surface area contributed by atoms with Gasteiger partial charge in [-0.3, -0.25) is 0 Å². The lowest BCUT2D eigenvalue weighted by Gasteiger charge is -2.13. The number of nitrogens with two attached hydrogens (primary N) is 1. The molecule has 1 aliphatic heterocycles. The first-order chi connectivity index (χ1) is 9.79. The van der Waals surface area contributed by atoms with Gasteiger partial charge < -0.3 is 10.5 Å². The number of aromatic nitrogens is 3. The number of rotatable bonds is 4. The van der Waals surface area contributed by atoms with E-state index in [9.17, 15) is 4.39 Å². The fourth-order valence-electron chi connectivity index (χ4n) is 2.55. The van der Waals surface area contributed by atoms with E-state index in [0.29, 0.717) is 18.7 Å². The second-order valence-electron chi connectivity index (χ2n) is 4.88. The lowest BCUT2D eigenvalue weighted by Crippen LogP contribution is -2.13. The number of nitrogens with zero attached hydrogens (tertiary/aromatic N) is 3. The molecule has 2 N–H and O–H groups in total. The Morgan fingerprint density at radius 1 is 1.40 bits per heavy atom. The van der Waals surface area contributed by atoms with Crippen LogP contribution in [0.2, 0.25) is 0 Å². The van der Waals surface area contributed by atoms with Crippen LogP contribution in [0.4, 0.5) is 4.39 Å². The van der Waals surface area contributed by atoms with E-state index >= 15 is 0 Å². The number of hydrogen-bond acceptors (Lipinski definition) is 4. The highest BCUT2D eigenvalue weighted by molar-refractivity contribution is 5.20. The fourth-order valence-corrected chi connectivity index (χ4v) is 2.55. The zero-order valence-electron chi connectivity index (χ0n) is 11.1. The number of ether oxygens (including phenoxy) is 1. The molecule has 1 saturated heterocycles. The summed E-state index contributed by atoms with van der Waals surface area (Å²) in [4.78, 5) is 0. The minimum atomic E-state index is -0.240. The summed E-state index contributed by atoms with van der Waals surface area (Å²) in [6.45, 7) is 1.39. The molecule has 0 amide bonds.